The molecular formula is C24H24F9N3O3. The van der Waals surface area contributed by atoms with Crippen LogP contribution in [-0.2, 0) is 20.6 Å². The fraction of sp³-hybridized carbons (Fsp3) is 0.375. The van der Waals surface area contributed by atoms with Crippen LogP contribution in [0.15, 0.2) is 54.6 Å². The number of nitrogens with two attached hydrogens (primary N) is 1. The number of Topliss-reactive ketones (excluding diaryl/α,β-unsaturated/α-hetero) is 2. The van der Waals surface area contributed by atoms with Gasteiger partial charge in [-0.15, -0.1) is 0 Å². The highest BCUT2D eigenvalue weighted by Gasteiger charge is 2.54. The molecule has 4 N–H and O–H groups in total. The van der Waals surface area contributed by atoms with Crippen LogP contribution >= 0.6 is 0 Å². The Labute approximate surface area is 216 Å². The third kappa shape index (κ3) is 10.9. The number of halogens is 9. The molecule has 2 aromatic rings. The maximum absolute atomic E-state index is 12.7. The Morgan fingerprint density at radius 2 is 1.23 bits per heavy atom. The topological polar surface area (TPSA) is 101 Å². The molecule has 0 aromatic heterocycles. The highest BCUT2D eigenvalue weighted by molar-refractivity contribution is 6.41. The van der Waals surface area contributed by atoms with Crippen LogP contribution in [0, 0.1) is 5.92 Å². The van der Waals surface area contributed by atoms with Crippen molar-refractivity contribution in [3.63, 3.8) is 0 Å². The van der Waals surface area contributed by atoms with Crippen molar-refractivity contribution in [3.8, 4) is 0 Å². The number of anilines is 1. The van der Waals surface area contributed by atoms with E-state index in [-0.39, 0.29) is 17.9 Å². The number of rotatable bonds is 8. The molecule has 0 saturated heterocycles. The summed E-state index contributed by atoms with van der Waals surface area (Å²) < 4.78 is 105. The Morgan fingerprint density at radius 3 is 1.62 bits per heavy atom. The van der Waals surface area contributed by atoms with Gasteiger partial charge in [-0.2, -0.15) is 39.5 Å². The Kier molecular flexibility index (Phi) is 11.5. The molecule has 1 amide bonds. The van der Waals surface area contributed by atoms with Crippen LogP contribution in [0.3, 0.4) is 0 Å². The van der Waals surface area contributed by atoms with Crippen LogP contribution in [0.5, 0.6) is 0 Å². The number of amides is 1. The predicted octanol–water partition coefficient (Wildman–Crippen LogP) is 5.21. The molecule has 0 spiro atoms. The minimum absolute atomic E-state index is 0.139. The van der Waals surface area contributed by atoms with Crippen molar-refractivity contribution in [1.29, 1.82) is 0 Å². The SMILES string of the molecule is CC(C)[C@H](CNC(=O)[C@H](N)c1ccccc1)Nc1ccc(C(F)(F)F)cc1.O=C(C(=O)C(F)(F)F)C(F)(F)F. The lowest BCUT2D eigenvalue weighted by Gasteiger charge is -2.25. The van der Waals surface area contributed by atoms with Gasteiger partial charge in [0.1, 0.15) is 6.04 Å². The summed E-state index contributed by atoms with van der Waals surface area (Å²) in [5.74, 6) is -6.98. The van der Waals surface area contributed by atoms with Gasteiger partial charge in [-0.3, -0.25) is 14.4 Å². The van der Waals surface area contributed by atoms with E-state index >= 15 is 0 Å². The van der Waals surface area contributed by atoms with E-state index in [1.807, 2.05) is 32.0 Å². The number of nitrogens with one attached hydrogen (secondary N) is 2. The summed E-state index contributed by atoms with van der Waals surface area (Å²) in [4.78, 5) is 31.5. The van der Waals surface area contributed by atoms with E-state index in [2.05, 4.69) is 10.6 Å². The van der Waals surface area contributed by atoms with Crippen LogP contribution in [0.2, 0.25) is 0 Å². The maximum atomic E-state index is 12.7. The zero-order chi connectivity index (χ0) is 30.2. The third-order valence-corrected chi connectivity index (χ3v) is 5.03. The van der Waals surface area contributed by atoms with Crippen molar-refractivity contribution in [1.82, 2.24) is 5.32 Å². The van der Waals surface area contributed by atoms with Gasteiger partial charge in [0.2, 0.25) is 5.91 Å². The molecule has 15 heteroatoms. The van der Waals surface area contributed by atoms with Crippen molar-refractivity contribution >= 4 is 23.2 Å². The average Bonchev–Trinajstić information content (AvgIpc) is 2.84. The molecule has 0 aliphatic carbocycles. The molecule has 0 aliphatic rings. The zero-order valence-electron chi connectivity index (χ0n) is 20.3. The molecule has 0 unspecified atom stereocenters. The van der Waals surface area contributed by atoms with Crippen LogP contribution in [0.4, 0.5) is 45.2 Å². The molecule has 6 nitrogen and oxygen atoms in total. The number of carbonyl (C=O) groups excluding carboxylic acids is 3. The van der Waals surface area contributed by atoms with E-state index in [0.29, 0.717) is 17.8 Å². The van der Waals surface area contributed by atoms with Crippen molar-refractivity contribution in [2.45, 2.75) is 44.5 Å². The van der Waals surface area contributed by atoms with E-state index in [9.17, 15) is 53.9 Å². The third-order valence-electron chi connectivity index (χ3n) is 5.03. The van der Waals surface area contributed by atoms with Gasteiger partial charge in [0, 0.05) is 18.3 Å². The van der Waals surface area contributed by atoms with Gasteiger partial charge in [0.05, 0.1) is 5.56 Å². The fourth-order valence-electron chi connectivity index (χ4n) is 2.81. The van der Waals surface area contributed by atoms with Gasteiger partial charge in [0.25, 0.3) is 0 Å². The average molecular weight is 573 g/mol. The minimum Gasteiger partial charge on any atom is -0.380 e. The lowest BCUT2D eigenvalue weighted by atomic mass is 10.0. The lowest BCUT2D eigenvalue weighted by molar-refractivity contribution is -0.193. The summed E-state index contributed by atoms with van der Waals surface area (Å²) in [7, 11) is 0. The molecule has 2 rings (SSSR count). The summed E-state index contributed by atoms with van der Waals surface area (Å²) in [6.07, 6.45) is -15.9. The summed E-state index contributed by atoms with van der Waals surface area (Å²) in [5.41, 5.74) is 6.55. The molecule has 0 radical (unpaired) electrons. The van der Waals surface area contributed by atoms with Gasteiger partial charge < -0.3 is 16.4 Å². The summed E-state index contributed by atoms with van der Waals surface area (Å²) in [6.45, 7) is 4.23. The molecule has 39 heavy (non-hydrogen) atoms. The predicted molar refractivity (Wildman–Crippen MR) is 122 cm³/mol. The molecule has 216 valence electrons. The van der Waals surface area contributed by atoms with Crippen molar-refractivity contribution < 1.29 is 53.9 Å². The van der Waals surface area contributed by atoms with Gasteiger partial charge in [0.15, 0.2) is 0 Å². The molecule has 0 bridgehead atoms. The molecule has 2 aromatic carbocycles. The second-order valence-electron chi connectivity index (χ2n) is 8.36. The van der Waals surface area contributed by atoms with Gasteiger partial charge in [-0.1, -0.05) is 44.2 Å². The van der Waals surface area contributed by atoms with E-state index < -0.39 is 41.7 Å². The van der Waals surface area contributed by atoms with Gasteiger partial charge >= 0.3 is 30.1 Å². The monoisotopic (exact) mass is 573 g/mol. The lowest BCUT2D eigenvalue weighted by Crippen LogP contribution is -2.43. The van der Waals surface area contributed by atoms with E-state index in [0.717, 1.165) is 12.1 Å². The number of carbonyl (C=O) groups is 3. The Hall–Kier alpha value is -3.62. The largest absolute Gasteiger partial charge is 0.458 e. The first-order valence-corrected chi connectivity index (χ1v) is 11.0. The summed E-state index contributed by atoms with van der Waals surface area (Å²) in [6, 6.07) is 12.9. The molecular weight excluding hydrogens is 549 g/mol. The second kappa shape index (κ2) is 13.4. The molecule has 0 aliphatic heterocycles. The first-order chi connectivity index (χ1) is 17.7. The van der Waals surface area contributed by atoms with E-state index in [1.165, 1.54) is 12.1 Å². The van der Waals surface area contributed by atoms with E-state index in [1.54, 1.807) is 12.1 Å². The molecule has 0 saturated carbocycles. The van der Waals surface area contributed by atoms with Crippen LogP contribution in [0.25, 0.3) is 0 Å². The first-order valence-electron chi connectivity index (χ1n) is 11.0. The van der Waals surface area contributed by atoms with Crippen LogP contribution < -0.4 is 16.4 Å². The first kappa shape index (κ1) is 33.4. The number of hydrogen-bond donors (Lipinski definition) is 3. The number of alkyl halides is 9. The Balaban J connectivity index is 0.000000534. The van der Waals surface area contributed by atoms with E-state index in [4.69, 9.17) is 5.73 Å². The number of ketones is 2. The molecule has 0 fully saturated rings. The smallest absolute Gasteiger partial charge is 0.380 e. The Morgan fingerprint density at radius 1 is 0.769 bits per heavy atom. The second-order valence-corrected chi connectivity index (χ2v) is 8.36. The Bertz CT molecular complexity index is 1070. The highest BCUT2D eigenvalue weighted by Crippen LogP contribution is 2.30. The van der Waals surface area contributed by atoms with Gasteiger partial charge in [-0.25, -0.2) is 0 Å². The highest BCUT2D eigenvalue weighted by atomic mass is 19.4. The normalized spacial score (nSPS) is 13.6. The van der Waals surface area contributed by atoms with Crippen LogP contribution in [-0.4, -0.2) is 42.4 Å². The maximum Gasteiger partial charge on any atom is 0.458 e. The van der Waals surface area contributed by atoms with Gasteiger partial charge in [-0.05, 0) is 35.7 Å². The summed E-state index contributed by atoms with van der Waals surface area (Å²) in [5, 5.41) is 5.98. The minimum atomic E-state index is -5.77. The summed E-state index contributed by atoms with van der Waals surface area (Å²) >= 11 is 0. The molecule has 2 atom stereocenters. The standard InChI is InChI=1S/C20H24F3N3O.C4F6O2/c1-13(2)17(26-16-10-8-15(9-11-16)20(21,22)23)12-25-19(27)18(24)14-6-4-3-5-7-14;5-3(6,7)1(11)2(12)4(8,9)10/h3-11,13,17-18,26H,12,24H2,1-2H3,(H,25,27);/t17-,18+;/m0./s1. The fourth-order valence-corrected chi connectivity index (χ4v) is 2.81. The quantitative estimate of drug-likeness (QED) is 0.298. The zero-order valence-corrected chi connectivity index (χ0v) is 20.3. The van der Waals surface area contributed by atoms with Crippen LogP contribution in [0.1, 0.15) is 31.0 Å². The number of benzene rings is 2. The molecule has 0 heterocycles. The van der Waals surface area contributed by atoms with Crippen molar-refractivity contribution in [3.05, 3.63) is 65.7 Å². The van der Waals surface area contributed by atoms with Crippen molar-refractivity contribution in [2.24, 2.45) is 11.7 Å². The number of hydrogen-bond acceptors (Lipinski definition) is 5. The van der Waals surface area contributed by atoms with Crippen molar-refractivity contribution in [2.75, 3.05) is 11.9 Å².